The van der Waals surface area contributed by atoms with E-state index in [4.69, 9.17) is 11.5 Å². The van der Waals surface area contributed by atoms with Gasteiger partial charge < -0.3 is 11.5 Å². The van der Waals surface area contributed by atoms with Crippen LogP contribution in [-0.4, -0.2) is 11.8 Å². The molecule has 1 aromatic carbocycles. The maximum absolute atomic E-state index is 11.3. The second-order valence-electron chi connectivity index (χ2n) is 3.50. The Kier molecular flexibility index (Phi) is 2.93. The predicted molar refractivity (Wildman–Crippen MR) is 66.8 cm³/mol. The van der Waals surface area contributed by atoms with E-state index in [2.05, 4.69) is 0 Å². The maximum Gasteiger partial charge on any atom is 0.249 e. The number of hydrogen-bond donors (Lipinski definition) is 2. The fraction of sp³-hybridized carbons (Fsp3) is 0. The summed E-state index contributed by atoms with van der Waals surface area (Å²) in [6.45, 7) is 0. The van der Waals surface area contributed by atoms with Crippen LogP contribution in [0.25, 0.3) is 11.1 Å². The third-order valence-corrected chi connectivity index (χ3v) is 3.08. The van der Waals surface area contributed by atoms with E-state index < -0.39 is 11.8 Å². The number of primary amides is 2. The fourth-order valence-electron chi connectivity index (χ4n) is 1.57. The van der Waals surface area contributed by atoms with Gasteiger partial charge in [-0.1, -0.05) is 0 Å². The Hall–Kier alpha value is -2.14. The Labute approximate surface area is 102 Å². The molecule has 2 rings (SSSR count). The molecule has 0 saturated carbocycles. The van der Waals surface area contributed by atoms with E-state index in [-0.39, 0.29) is 0 Å². The average Bonchev–Trinajstić information content (AvgIpc) is 2.81. The van der Waals surface area contributed by atoms with Gasteiger partial charge in [0.25, 0.3) is 0 Å². The minimum Gasteiger partial charge on any atom is -0.366 e. The summed E-state index contributed by atoms with van der Waals surface area (Å²) >= 11 is 1.50. The maximum atomic E-state index is 11.3. The van der Waals surface area contributed by atoms with Crippen LogP contribution >= 0.6 is 11.3 Å². The van der Waals surface area contributed by atoms with Gasteiger partial charge in [0, 0.05) is 11.1 Å². The summed E-state index contributed by atoms with van der Waals surface area (Å²) in [6.07, 6.45) is 0. The Morgan fingerprint density at radius 3 is 2.35 bits per heavy atom. The van der Waals surface area contributed by atoms with E-state index in [1.54, 1.807) is 6.07 Å². The highest BCUT2D eigenvalue weighted by Crippen LogP contribution is 2.26. The van der Waals surface area contributed by atoms with Gasteiger partial charge in [-0.15, -0.1) is 0 Å². The molecule has 0 aliphatic rings. The summed E-state index contributed by atoms with van der Waals surface area (Å²) in [4.78, 5) is 22.4. The van der Waals surface area contributed by atoms with Crippen LogP contribution in [0.3, 0.4) is 0 Å². The molecule has 2 aromatic rings. The number of hydrogen-bond acceptors (Lipinski definition) is 3. The van der Waals surface area contributed by atoms with Crippen molar-refractivity contribution in [3.8, 4) is 11.1 Å². The van der Waals surface area contributed by atoms with Crippen LogP contribution in [0.15, 0.2) is 35.0 Å². The van der Waals surface area contributed by atoms with Crippen molar-refractivity contribution in [1.82, 2.24) is 0 Å². The van der Waals surface area contributed by atoms with Gasteiger partial charge in [0.2, 0.25) is 11.8 Å². The molecular weight excluding hydrogens is 236 g/mol. The third-order valence-electron chi connectivity index (χ3n) is 2.40. The molecule has 86 valence electrons. The van der Waals surface area contributed by atoms with Crippen molar-refractivity contribution in [2.24, 2.45) is 11.5 Å². The molecule has 1 heterocycles. The van der Waals surface area contributed by atoms with Crippen LogP contribution in [0.5, 0.6) is 0 Å². The van der Waals surface area contributed by atoms with Gasteiger partial charge in [-0.2, -0.15) is 11.3 Å². The van der Waals surface area contributed by atoms with Crippen molar-refractivity contribution >= 4 is 23.2 Å². The molecule has 4 nitrogen and oxygen atoms in total. The molecule has 0 aliphatic heterocycles. The fourth-order valence-corrected chi connectivity index (χ4v) is 2.22. The molecule has 0 fully saturated rings. The van der Waals surface area contributed by atoms with Crippen molar-refractivity contribution < 1.29 is 9.59 Å². The Balaban J connectivity index is 2.64. The van der Waals surface area contributed by atoms with Crippen LogP contribution in [0, 0.1) is 0 Å². The first-order chi connectivity index (χ1) is 8.09. The SMILES string of the molecule is NC(=O)c1ccc(C(N)=O)c(-c2ccsc2)c1. The van der Waals surface area contributed by atoms with Gasteiger partial charge in [-0.05, 0) is 46.2 Å². The third kappa shape index (κ3) is 2.19. The molecule has 2 amide bonds. The lowest BCUT2D eigenvalue weighted by atomic mass is 9.98. The van der Waals surface area contributed by atoms with Crippen LogP contribution in [-0.2, 0) is 0 Å². The quantitative estimate of drug-likeness (QED) is 0.862. The Morgan fingerprint density at radius 2 is 1.82 bits per heavy atom. The van der Waals surface area contributed by atoms with Crippen LogP contribution in [0.1, 0.15) is 20.7 Å². The van der Waals surface area contributed by atoms with Crippen LogP contribution < -0.4 is 11.5 Å². The summed E-state index contributed by atoms with van der Waals surface area (Å²) in [5.74, 6) is -1.06. The van der Waals surface area contributed by atoms with Gasteiger partial charge in [0.05, 0.1) is 0 Å². The van der Waals surface area contributed by atoms with Crippen molar-refractivity contribution in [2.75, 3.05) is 0 Å². The molecule has 1 aromatic heterocycles. The van der Waals surface area contributed by atoms with Crippen LogP contribution in [0.2, 0.25) is 0 Å². The van der Waals surface area contributed by atoms with E-state index in [0.29, 0.717) is 16.7 Å². The van der Waals surface area contributed by atoms with Gasteiger partial charge in [-0.3, -0.25) is 9.59 Å². The normalized spacial score (nSPS) is 10.1. The number of thiophene rings is 1. The van der Waals surface area contributed by atoms with E-state index in [0.717, 1.165) is 5.56 Å². The first-order valence-electron chi connectivity index (χ1n) is 4.86. The molecular formula is C12H10N2O2S. The zero-order chi connectivity index (χ0) is 12.4. The smallest absolute Gasteiger partial charge is 0.249 e. The molecule has 4 N–H and O–H groups in total. The minimum atomic E-state index is -0.530. The highest BCUT2D eigenvalue weighted by molar-refractivity contribution is 7.08. The second-order valence-corrected chi connectivity index (χ2v) is 4.28. The second kappa shape index (κ2) is 4.39. The molecule has 0 spiro atoms. The lowest BCUT2D eigenvalue weighted by molar-refractivity contribution is 0.0989. The first kappa shape index (κ1) is 11.3. The largest absolute Gasteiger partial charge is 0.366 e. The van der Waals surface area contributed by atoms with Gasteiger partial charge in [0.1, 0.15) is 0 Å². The lowest BCUT2D eigenvalue weighted by Gasteiger charge is -2.06. The Morgan fingerprint density at radius 1 is 1.06 bits per heavy atom. The average molecular weight is 246 g/mol. The number of amides is 2. The molecule has 0 aliphatic carbocycles. The standard InChI is InChI=1S/C12H10N2O2S/c13-11(15)7-1-2-9(12(14)16)10(5-7)8-3-4-17-6-8/h1-6H,(H2,13,15)(H2,14,16). The van der Waals surface area contributed by atoms with E-state index in [9.17, 15) is 9.59 Å². The number of benzene rings is 1. The molecule has 5 heteroatoms. The van der Waals surface area contributed by atoms with Crippen LogP contribution in [0.4, 0.5) is 0 Å². The summed E-state index contributed by atoms with van der Waals surface area (Å²) in [7, 11) is 0. The highest BCUT2D eigenvalue weighted by Gasteiger charge is 2.12. The summed E-state index contributed by atoms with van der Waals surface area (Å²) in [5, 5.41) is 3.77. The summed E-state index contributed by atoms with van der Waals surface area (Å²) < 4.78 is 0. The summed E-state index contributed by atoms with van der Waals surface area (Å²) in [5.41, 5.74) is 12.7. The van der Waals surface area contributed by atoms with E-state index in [1.807, 2.05) is 16.8 Å². The van der Waals surface area contributed by atoms with E-state index >= 15 is 0 Å². The number of rotatable bonds is 3. The molecule has 0 unspecified atom stereocenters. The van der Waals surface area contributed by atoms with Crippen molar-refractivity contribution in [2.45, 2.75) is 0 Å². The number of carbonyl (C=O) groups is 2. The molecule has 0 radical (unpaired) electrons. The highest BCUT2D eigenvalue weighted by atomic mass is 32.1. The van der Waals surface area contributed by atoms with E-state index in [1.165, 1.54) is 23.5 Å². The van der Waals surface area contributed by atoms with Crippen molar-refractivity contribution in [1.29, 1.82) is 0 Å². The zero-order valence-corrected chi connectivity index (χ0v) is 9.66. The number of nitrogens with two attached hydrogens (primary N) is 2. The van der Waals surface area contributed by atoms with Gasteiger partial charge in [-0.25, -0.2) is 0 Å². The summed E-state index contributed by atoms with van der Waals surface area (Å²) in [6, 6.07) is 6.47. The molecule has 0 bridgehead atoms. The molecule has 0 atom stereocenters. The van der Waals surface area contributed by atoms with Gasteiger partial charge in [0.15, 0.2) is 0 Å². The zero-order valence-electron chi connectivity index (χ0n) is 8.84. The lowest BCUT2D eigenvalue weighted by Crippen LogP contribution is -2.15. The first-order valence-corrected chi connectivity index (χ1v) is 5.80. The topological polar surface area (TPSA) is 86.2 Å². The van der Waals surface area contributed by atoms with Crippen molar-refractivity contribution in [3.63, 3.8) is 0 Å². The minimum absolute atomic E-state index is 0.358. The Bertz CT molecular complexity index is 576. The number of carbonyl (C=O) groups excluding carboxylic acids is 2. The molecule has 17 heavy (non-hydrogen) atoms. The predicted octanol–water partition coefficient (Wildman–Crippen LogP) is 1.61. The van der Waals surface area contributed by atoms with Gasteiger partial charge >= 0.3 is 0 Å². The molecule has 0 saturated heterocycles. The monoisotopic (exact) mass is 246 g/mol. The van der Waals surface area contributed by atoms with Crippen molar-refractivity contribution in [3.05, 3.63) is 46.2 Å².